The second-order valence-corrected chi connectivity index (χ2v) is 10.9. The van der Waals surface area contributed by atoms with Gasteiger partial charge >= 0.3 is 0 Å². The van der Waals surface area contributed by atoms with E-state index < -0.39 is 23.4 Å². The van der Waals surface area contributed by atoms with Crippen molar-refractivity contribution in [1.82, 2.24) is 9.55 Å². The molecule has 2 heterocycles. The molecule has 2 N–H and O–H groups in total. The molecule has 7 heteroatoms. The second-order valence-electron chi connectivity index (χ2n) is 10.9. The number of anilines is 1. The standard InChI is InChI=1S/C38H30FN5O/c39-33-22-12-10-20-31(33)35-32-21-11-13-23-34(32)44(37(45)36(40)42-35)25-30-24-43(26-41-30)38(27-14-4-1-5-15-27,28-16-6-2-7-17-28)29-18-8-3-9-19-29/h1-24,26,36H,25,40H2. The molecule has 1 aliphatic heterocycles. The fraction of sp³-hybridized carbons (Fsp3) is 0.0789. The molecule has 6 aromatic rings. The highest BCUT2D eigenvalue weighted by molar-refractivity contribution is 6.20. The monoisotopic (exact) mass is 591 g/mol. The van der Waals surface area contributed by atoms with Crippen molar-refractivity contribution in [2.75, 3.05) is 4.90 Å². The summed E-state index contributed by atoms with van der Waals surface area (Å²) in [4.78, 5) is 24.8. The average molecular weight is 592 g/mol. The highest BCUT2D eigenvalue weighted by Gasteiger charge is 2.39. The predicted molar refractivity (Wildman–Crippen MR) is 174 cm³/mol. The third-order valence-corrected chi connectivity index (χ3v) is 8.28. The number of halogens is 1. The molecule has 5 aromatic carbocycles. The van der Waals surface area contributed by atoms with Gasteiger partial charge in [-0.1, -0.05) is 121 Å². The fourth-order valence-electron chi connectivity index (χ4n) is 6.26. The van der Waals surface area contributed by atoms with Gasteiger partial charge in [-0.2, -0.15) is 0 Å². The minimum absolute atomic E-state index is 0.144. The van der Waals surface area contributed by atoms with E-state index in [9.17, 15) is 9.18 Å². The number of fused-ring (bicyclic) bond motifs is 1. The van der Waals surface area contributed by atoms with E-state index in [1.807, 2.05) is 91.4 Å². The number of aliphatic imine (C=N–C) groups is 1. The number of benzodiazepines with no additional fused rings is 1. The van der Waals surface area contributed by atoms with Gasteiger partial charge in [0, 0.05) is 17.3 Å². The SMILES string of the molecule is NC1N=C(c2ccccc2F)c2ccccc2N(Cc2cn(C(c3ccccc3)(c3ccccc3)c3ccccc3)cn2)C1=O. The van der Waals surface area contributed by atoms with Crippen LogP contribution in [0.3, 0.4) is 0 Å². The number of aromatic nitrogens is 2. The van der Waals surface area contributed by atoms with Crippen LogP contribution in [0.5, 0.6) is 0 Å². The maximum atomic E-state index is 15.0. The van der Waals surface area contributed by atoms with Gasteiger partial charge in [-0.3, -0.25) is 9.79 Å². The number of hydrogen-bond donors (Lipinski definition) is 1. The molecular formula is C38H30FN5O. The van der Waals surface area contributed by atoms with Crippen molar-refractivity contribution in [1.29, 1.82) is 0 Å². The van der Waals surface area contributed by atoms with Crippen molar-refractivity contribution in [2.24, 2.45) is 10.7 Å². The quantitative estimate of drug-likeness (QED) is 0.215. The lowest BCUT2D eigenvalue weighted by Gasteiger charge is -2.37. The first-order chi connectivity index (χ1) is 22.1. The summed E-state index contributed by atoms with van der Waals surface area (Å²) in [5.41, 5.74) is 11.3. The zero-order valence-electron chi connectivity index (χ0n) is 24.4. The van der Waals surface area contributed by atoms with E-state index in [4.69, 9.17) is 10.7 Å². The predicted octanol–water partition coefficient (Wildman–Crippen LogP) is 6.53. The van der Waals surface area contributed by atoms with Crippen molar-refractivity contribution in [2.45, 2.75) is 18.2 Å². The number of amides is 1. The first-order valence-electron chi connectivity index (χ1n) is 14.8. The summed E-state index contributed by atoms with van der Waals surface area (Å²) in [6.07, 6.45) is 2.58. The smallest absolute Gasteiger partial charge is 0.266 e. The Hall–Kier alpha value is -5.66. The fourth-order valence-corrected chi connectivity index (χ4v) is 6.26. The number of carbonyl (C=O) groups excluding carboxylic acids is 1. The van der Waals surface area contributed by atoms with Crippen LogP contribution < -0.4 is 10.6 Å². The van der Waals surface area contributed by atoms with Crippen LogP contribution in [0.2, 0.25) is 0 Å². The van der Waals surface area contributed by atoms with Crippen LogP contribution in [0.1, 0.15) is 33.5 Å². The second kappa shape index (κ2) is 11.8. The molecule has 220 valence electrons. The van der Waals surface area contributed by atoms with Gasteiger partial charge in [-0.05, 0) is 34.9 Å². The van der Waals surface area contributed by atoms with Gasteiger partial charge in [0.2, 0.25) is 0 Å². The van der Waals surface area contributed by atoms with Crippen molar-refractivity contribution in [3.8, 4) is 0 Å². The van der Waals surface area contributed by atoms with Gasteiger partial charge in [0.1, 0.15) is 11.4 Å². The Labute approximate surface area is 260 Å². The van der Waals surface area contributed by atoms with Crippen LogP contribution in [-0.4, -0.2) is 27.3 Å². The van der Waals surface area contributed by atoms with Gasteiger partial charge in [0.15, 0.2) is 6.17 Å². The van der Waals surface area contributed by atoms with Gasteiger partial charge in [0.25, 0.3) is 5.91 Å². The molecule has 6 nitrogen and oxygen atoms in total. The normalized spacial score (nSPS) is 14.9. The number of nitrogens with two attached hydrogens (primary N) is 1. The molecule has 0 bridgehead atoms. The zero-order chi connectivity index (χ0) is 30.8. The summed E-state index contributed by atoms with van der Waals surface area (Å²) >= 11 is 0. The first kappa shape index (κ1) is 28.1. The van der Waals surface area contributed by atoms with E-state index in [0.29, 0.717) is 22.7 Å². The number of para-hydroxylation sites is 1. The van der Waals surface area contributed by atoms with Crippen molar-refractivity contribution < 1.29 is 9.18 Å². The zero-order valence-corrected chi connectivity index (χ0v) is 24.4. The minimum Gasteiger partial charge on any atom is -0.319 e. The maximum Gasteiger partial charge on any atom is 0.266 e. The van der Waals surface area contributed by atoms with Crippen molar-refractivity contribution >= 4 is 17.3 Å². The number of imidazole rings is 1. The van der Waals surface area contributed by atoms with E-state index in [0.717, 1.165) is 16.7 Å². The molecule has 0 radical (unpaired) electrons. The Morgan fingerprint density at radius 1 is 0.689 bits per heavy atom. The number of benzene rings is 5. The Morgan fingerprint density at radius 3 is 1.78 bits per heavy atom. The Morgan fingerprint density at radius 2 is 1.20 bits per heavy atom. The summed E-state index contributed by atoms with van der Waals surface area (Å²) < 4.78 is 17.1. The molecule has 1 aliphatic rings. The maximum absolute atomic E-state index is 15.0. The summed E-state index contributed by atoms with van der Waals surface area (Å²) in [5, 5.41) is 0. The van der Waals surface area contributed by atoms with Crippen LogP contribution in [-0.2, 0) is 16.9 Å². The average Bonchev–Trinajstić information content (AvgIpc) is 3.53. The van der Waals surface area contributed by atoms with Gasteiger partial charge < -0.3 is 15.2 Å². The molecule has 0 spiro atoms. The largest absolute Gasteiger partial charge is 0.319 e. The summed E-state index contributed by atoms with van der Waals surface area (Å²) in [7, 11) is 0. The Balaban J connectivity index is 1.35. The van der Waals surface area contributed by atoms with E-state index in [1.165, 1.54) is 6.07 Å². The molecule has 0 saturated heterocycles. The summed E-state index contributed by atoms with van der Waals surface area (Å²) in [6.45, 7) is 0.144. The van der Waals surface area contributed by atoms with Crippen LogP contribution in [0, 0.1) is 5.82 Å². The van der Waals surface area contributed by atoms with Crippen LogP contribution in [0.15, 0.2) is 157 Å². The molecule has 0 saturated carbocycles. The van der Waals surface area contributed by atoms with E-state index >= 15 is 0 Å². The van der Waals surface area contributed by atoms with E-state index in [1.54, 1.807) is 23.1 Å². The highest BCUT2D eigenvalue weighted by Crippen LogP contribution is 2.41. The molecule has 1 amide bonds. The van der Waals surface area contributed by atoms with Gasteiger partial charge in [-0.15, -0.1) is 0 Å². The van der Waals surface area contributed by atoms with Crippen LogP contribution in [0.25, 0.3) is 0 Å². The van der Waals surface area contributed by atoms with E-state index in [-0.39, 0.29) is 12.1 Å². The first-order valence-corrected chi connectivity index (χ1v) is 14.8. The molecule has 1 unspecified atom stereocenters. The molecule has 0 fully saturated rings. The Bertz CT molecular complexity index is 1890. The number of hydrogen-bond acceptors (Lipinski definition) is 4. The topological polar surface area (TPSA) is 76.5 Å². The third-order valence-electron chi connectivity index (χ3n) is 8.28. The minimum atomic E-state index is -1.22. The van der Waals surface area contributed by atoms with Crippen molar-refractivity contribution in [3.63, 3.8) is 0 Å². The summed E-state index contributed by atoms with van der Waals surface area (Å²) in [6, 6.07) is 44.7. The lowest BCUT2D eigenvalue weighted by atomic mass is 9.77. The summed E-state index contributed by atoms with van der Waals surface area (Å²) in [5.74, 6) is -0.833. The molecule has 0 aliphatic carbocycles. The van der Waals surface area contributed by atoms with Crippen LogP contribution >= 0.6 is 0 Å². The lowest BCUT2D eigenvalue weighted by Crippen LogP contribution is -2.42. The van der Waals surface area contributed by atoms with Gasteiger partial charge in [0.05, 0.1) is 30.0 Å². The highest BCUT2D eigenvalue weighted by atomic mass is 19.1. The van der Waals surface area contributed by atoms with Crippen LogP contribution in [0.4, 0.5) is 10.1 Å². The van der Waals surface area contributed by atoms with E-state index in [2.05, 4.69) is 46.0 Å². The molecule has 1 atom stereocenters. The van der Waals surface area contributed by atoms with Crippen molar-refractivity contribution in [3.05, 3.63) is 191 Å². The molecule has 45 heavy (non-hydrogen) atoms. The lowest BCUT2D eigenvalue weighted by molar-refractivity contribution is -0.119. The molecule has 1 aromatic heterocycles. The van der Waals surface area contributed by atoms with Gasteiger partial charge in [-0.25, -0.2) is 9.37 Å². The number of nitrogens with zero attached hydrogens (tertiary/aromatic N) is 4. The molecular weight excluding hydrogens is 561 g/mol. The third kappa shape index (κ3) is 4.93. The number of carbonyl (C=O) groups is 1. The number of rotatable bonds is 7. The Kier molecular flexibility index (Phi) is 7.37. The molecule has 7 rings (SSSR count).